The van der Waals surface area contributed by atoms with Gasteiger partial charge in [0.15, 0.2) is 0 Å². The second-order valence-corrected chi connectivity index (χ2v) is 3.77. The summed E-state index contributed by atoms with van der Waals surface area (Å²) < 4.78 is 0. The molecule has 13 heavy (non-hydrogen) atoms. The van der Waals surface area contributed by atoms with E-state index in [2.05, 4.69) is 5.32 Å². The molecule has 0 radical (unpaired) electrons. The third kappa shape index (κ3) is 2.10. The minimum Gasteiger partial charge on any atom is -0.465 e. The molecule has 76 valence electrons. The molecule has 1 rings (SSSR count). The van der Waals surface area contributed by atoms with Gasteiger partial charge in [-0.2, -0.15) is 0 Å². The Bertz CT molecular complexity index is 206. The highest BCUT2D eigenvalue weighted by molar-refractivity contribution is 5.65. The quantitative estimate of drug-likeness (QED) is 0.461. The molecule has 0 bridgehead atoms. The van der Waals surface area contributed by atoms with E-state index in [-0.39, 0.29) is 6.04 Å². The zero-order chi connectivity index (χ0) is 10.1. The monoisotopic (exact) mass is 188 g/mol. The van der Waals surface area contributed by atoms with E-state index in [1.807, 2.05) is 0 Å². The maximum atomic E-state index is 10.4. The van der Waals surface area contributed by atoms with E-state index in [4.69, 9.17) is 10.8 Å². The Morgan fingerprint density at radius 1 is 1.62 bits per heavy atom. The molecule has 1 aliphatic rings. The van der Waals surface area contributed by atoms with Gasteiger partial charge in [-0.25, -0.2) is 4.79 Å². The zero-order valence-electron chi connectivity index (χ0n) is 7.66. The Kier molecular flexibility index (Phi) is 2.77. The van der Waals surface area contributed by atoms with Crippen LogP contribution in [-0.2, 0) is 0 Å². The number of nitrogens with one attached hydrogen (secondary N) is 1. The molecule has 5 nitrogen and oxygen atoms in total. The fourth-order valence-electron chi connectivity index (χ4n) is 1.75. The van der Waals surface area contributed by atoms with Gasteiger partial charge in [-0.3, -0.25) is 0 Å². The van der Waals surface area contributed by atoms with E-state index in [0.717, 1.165) is 12.8 Å². The summed E-state index contributed by atoms with van der Waals surface area (Å²) in [6, 6.07) is -0.799. The molecule has 1 aliphatic carbocycles. The molecule has 0 aromatic heterocycles. The lowest BCUT2D eigenvalue weighted by Gasteiger charge is -2.41. The Morgan fingerprint density at radius 2 is 2.23 bits per heavy atom. The zero-order valence-corrected chi connectivity index (χ0v) is 7.66. The Morgan fingerprint density at radius 3 is 2.77 bits per heavy atom. The highest BCUT2D eigenvalue weighted by Gasteiger charge is 2.41. The average molecular weight is 188 g/mol. The molecule has 1 fully saturated rings. The van der Waals surface area contributed by atoms with Crippen molar-refractivity contribution in [1.82, 2.24) is 5.32 Å². The van der Waals surface area contributed by atoms with Gasteiger partial charge in [-0.15, -0.1) is 0 Å². The summed E-state index contributed by atoms with van der Waals surface area (Å²) in [4.78, 5) is 10.4. The van der Waals surface area contributed by atoms with Crippen molar-refractivity contribution in [2.75, 3.05) is 0 Å². The van der Waals surface area contributed by atoms with Gasteiger partial charge < -0.3 is 21.3 Å². The summed E-state index contributed by atoms with van der Waals surface area (Å²) in [5, 5.41) is 20.7. The van der Waals surface area contributed by atoms with Crippen LogP contribution in [0.15, 0.2) is 0 Å². The lowest BCUT2D eigenvalue weighted by molar-refractivity contribution is -0.0251. The largest absolute Gasteiger partial charge is 0.465 e. The Balaban J connectivity index is 2.66. The molecule has 0 spiro atoms. The SMILES string of the molecule is CC1(O)[C@@H](N)CCC[C@H]1NC(=O)O. The lowest BCUT2D eigenvalue weighted by atomic mass is 9.78. The normalized spacial score (nSPS) is 39.9. The molecule has 1 saturated carbocycles. The van der Waals surface area contributed by atoms with Crippen LogP contribution in [-0.4, -0.2) is 34.0 Å². The summed E-state index contributed by atoms with van der Waals surface area (Å²) in [5.41, 5.74) is 4.57. The first-order valence-electron chi connectivity index (χ1n) is 4.42. The van der Waals surface area contributed by atoms with Crippen molar-refractivity contribution in [3.63, 3.8) is 0 Å². The van der Waals surface area contributed by atoms with Crippen LogP contribution in [0.5, 0.6) is 0 Å². The molecule has 5 N–H and O–H groups in total. The topological polar surface area (TPSA) is 95.6 Å². The maximum absolute atomic E-state index is 10.4. The van der Waals surface area contributed by atoms with E-state index in [1.165, 1.54) is 0 Å². The summed E-state index contributed by atoms with van der Waals surface area (Å²) in [6.07, 6.45) is 1.12. The van der Waals surface area contributed by atoms with Crippen molar-refractivity contribution in [2.24, 2.45) is 5.73 Å². The highest BCUT2D eigenvalue weighted by atomic mass is 16.4. The van der Waals surface area contributed by atoms with Crippen LogP contribution >= 0.6 is 0 Å². The number of carboxylic acid groups (broad SMARTS) is 1. The predicted octanol–water partition coefficient (Wildman–Crippen LogP) is -0.115. The number of nitrogens with two attached hydrogens (primary N) is 1. The van der Waals surface area contributed by atoms with Gasteiger partial charge in [0.1, 0.15) is 0 Å². The van der Waals surface area contributed by atoms with Crippen LogP contribution < -0.4 is 11.1 Å². The molecule has 1 amide bonds. The Hall–Kier alpha value is -0.810. The molecular weight excluding hydrogens is 172 g/mol. The van der Waals surface area contributed by atoms with E-state index in [1.54, 1.807) is 6.92 Å². The molecule has 5 heteroatoms. The predicted molar refractivity (Wildman–Crippen MR) is 47.4 cm³/mol. The molecule has 0 aromatic rings. The third-order valence-corrected chi connectivity index (χ3v) is 2.76. The van der Waals surface area contributed by atoms with E-state index >= 15 is 0 Å². The summed E-state index contributed by atoms with van der Waals surface area (Å²) in [6.45, 7) is 1.58. The number of hydrogen-bond acceptors (Lipinski definition) is 3. The smallest absolute Gasteiger partial charge is 0.404 e. The van der Waals surface area contributed by atoms with Crippen LogP contribution in [0.3, 0.4) is 0 Å². The van der Waals surface area contributed by atoms with E-state index in [9.17, 15) is 9.90 Å². The van der Waals surface area contributed by atoms with Crippen LogP contribution in [0.25, 0.3) is 0 Å². The highest BCUT2D eigenvalue weighted by Crippen LogP contribution is 2.27. The Labute approximate surface area is 76.9 Å². The van der Waals surface area contributed by atoms with Crippen molar-refractivity contribution in [3.8, 4) is 0 Å². The fraction of sp³-hybridized carbons (Fsp3) is 0.875. The van der Waals surface area contributed by atoms with Crippen molar-refractivity contribution in [1.29, 1.82) is 0 Å². The van der Waals surface area contributed by atoms with Gasteiger partial charge in [0.25, 0.3) is 0 Å². The second-order valence-electron chi connectivity index (χ2n) is 3.77. The minimum atomic E-state index is -1.13. The van der Waals surface area contributed by atoms with Gasteiger partial charge in [-0.05, 0) is 26.2 Å². The first-order valence-corrected chi connectivity index (χ1v) is 4.42. The van der Waals surface area contributed by atoms with E-state index in [0.29, 0.717) is 6.42 Å². The lowest BCUT2D eigenvalue weighted by Crippen LogP contribution is -2.62. The van der Waals surface area contributed by atoms with Gasteiger partial charge in [0.05, 0.1) is 11.6 Å². The maximum Gasteiger partial charge on any atom is 0.404 e. The van der Waals surface area contributed by atoms with Gasteiger partial charge in [-0.1, -0.05) is 0 Å². The molecular formula is C8H16N2O3. The molecule has 1 unspecified atom stereocenters. The van der Waals surface area contributed by atoms with Crippen molar-refractivity contribution in [2.45, 2.75) is 43.9 Å². The van der Waals surface area contributed by atoms with Gasteiger partial charge >= 0.3 is 6.09 Å². The number of rotatable bonds is 1. The van der Waals surface area contributed by atoms with E-state index < -0.39 is 17.7 Å². The number of carbonyl (C=O) groups is 1. The van der Waals surface area contributed by atoms with Gasteiger partial charge in [0.2, 0.25) is 0 Å². The fourth-order valence-corrected chi connectivity index (χ4v) is 1.75. The minimum absolute atomic E-state index is 0.349. The standard InChI is InChI=1S/C8H16N2O3/c1-8(13)5(9)3-2-4-6(8)10-7(11)12/h5-6,10,13H,2-4,9H2,1H3,(H,11,12)/t5-,6+,8?/m0/s1. The number of aliphatic hydroxyl groups is 1. The van der Waals surface area contributed by atoms with Crippen molar-refractivity contribution >= 4 is 6.09 Å². The molecule has 0 heterocycles. The van der Waals surface area contributed by atoms with Crippen molar-refractivity contribution < 1.29 is 15.0 Å². The second kappa shape index (κ2) is 3.51. The average Bonchev–Trinajstić information content (AvgIpc) is 1.99. The summed E-state index contributed by atoms with van der Waals surface area (Å²) in [7, 11) is 0. The first kappa shape index (κ1) is 10.3. The van der Waals surface area contributed by atoms with Crippen LogP contribution in [0, 0.1) is 0 Å². The first-order chi connectivity index (χ1) is 5.94. The number of amides is 1. The van der Waals surface area contributed by atoms with Crippen LogP contribution in [0.4, 0.5) is 4.79 Å². The molecule has 0 aliphatic heterocycles. The molecule has 0 saturated heterocycles. The van der Waals surface area contributed by atoms with Crippen molar-refractivity contribution in [3.05, 3.63) is 0 Å². The third-order valence-electron chi connectivity index (χ3n) is 2.76. The molecule has 0 aromatic carbocycles. The van der Waals surface area contributed by atoms with Crippen LogP contribution in [0.2, 0.25) is 0 Å². The van der Waals surface area contributed by atoms with Gasteiger partial charge in [0, 0.05) is 6.04 Å². The number of hydrogen-bond donors (Lipinski definition) is 4. The summed E-state index contributed by atoms with van der Waals surface area (Å²) >= 11 is 0. The molecule has 3 atom stereocenters. The van der Waals surface area contributed by atoms with Crippen LogP contribution in [0.1, 0.15) is 26.2 Å². The summed E-state index contributed by atoms with van der Waals surface area (Å²) in [5.74, 6) is 0.